The summed E-state index contributed by atoms with van der Waals surface area (Å²) >= 11 is 0. The van der Waals surface area contributed by atoms with E-state index in [4.69, 9.17) is 4.74 Å². The number of carbonyl (C=O) groups is 1. The molecule has 2 aliphatic heterocycles. The highest BCUT2D eigenvalue weighted by molar-refractivity contribution is 7.90. The summed E-state index contributed by atoms with van der Waals surface area (Å²) in [6.07, 6.45) is 4.37. The Bertz CT molecular complexity index is 1670. The van der Waals surface area contributed by atoms with E-state index in [0.29, 0.717) is 37.4 Å². The fourth-order valence-corrected chi connectivity index (χ4v) is 6.35. The minimum Gasteiger partial charge on any atom is -0.378 e. The number of carbonyl (C=O) groups excluding carboxylic acids is 1. The Morgan fingerprint density at radius 1 is 0.975 bits per heavy atom. The summed E-state index contributed by atoms with van der Waals surface area (Å²) in [6, 6.07) is 12.9. The van der Waals surface area contributed by atoms with E-state index in [1.807, 2.05) is 4.90 Å². The van der Waals surface area contributed by atoms with E-state index >= 15 is 0 Å². The first-order chi connectivity index (χ1) is 19.3. The first kappa shape index (κ1) is 26.2. The standard InChI is InChI=1S/C28H27F2N5O4S/c29-19-3-8-25(30)23(16-19)26-2-1-10-34(26)21-9-11-35-27(17-21)24(18-31-35)28(36)32-40(37,38)22-6-4-20(5-7-22)33-12-14-39-15-13-33/h3-9,11,16-18,26H,1-2,10,12-15H2,(H,32,36). The number of anilines is 2. The fraction of sp³-hybridized carbons (Fsp3) is 0.286. The summed E-state index contributed by atoms with van der Waals surface area (Å²) in [5, 5.41) is 4.19. The summed E-state index contributed by atoms with van der Waals surface area (Å²) in [5.41, 5.74) is 2.30. The van der Waals surface area contributed by atoms with Gasteiger partial charge in [-0.05, 0) is 67.4 Å². The third kappa shape index (κ3) is 5.00. The van der Waals surface area contributed by atoms with Gasteiger partial charge in [-0.2, -0.15) is 5.10 Å². The number of fused-ring (bicyclic) bond motifs is 1. The Labute approximate surface area is 230 Å². The summed E-state index contributed by atoms with van der Waals surface area (Å²) in [7, 11) is -4.15. The Balaban J connectivity index is 1.24. The van der Waals surface area contributed by atoms with Crippen LogP contribution in [0.1, 0.15) is 34.8 Å². The molecule has 9 nitrogen and oxygen atoms in total. The summed E-state index contributed by atoms with van der Waals surface area (Å²) in [5.74, 6) is -1.81. The van der Waals surface area contributed by atoms with Gasteiger partial charge >= 0.3 is 0 Å². The molecular weight excluding hydrogens is 540 g/mol. The topological polar surface area (TPSA) is 96.2 Å². The second-order valence-electron chi connectivity index (χ2n) is 9.82. The molecule has 4 heterocycles. The third-order valence-corrected chi connectivity index (χ3v) is 8.75. The molecule has 6 rings (SSSR count). The van der Waals surface area contributed by atoms with Gasteiger partial charge in [0.15, 0.2) is 0 Å². The van der Waals surface area contributed by atoms with Crippen molar-refractivity contribution in [1.82, 2.24) is 14.3 Å². The van der Waals surface area contributed by atoms with Gasteiger partial charge in [-0.1, -0.05) is 0 Å². The van der Waals surface area contributed by atoms with Crippen molar-refractivity contribution in [2.24, 2.45) is 0 Å². The van der Waals surface area contributed by atoms with E-state index in [-0.39, 0.29) is 22.1 Å². The number of hydrogen-bond donors (Lipinski definition) is 1. The van der Waals surface area contributed by atoms with Gasteiger partial charge in [-0.3, -0.25) is 4.79 Å². The first-order valence-corrected chi connectivity index (χ1v) is 14.5. The zero-order valence-corrected chi connectivity index (χ0v) is 22.3. The first-order valence-electron chi connectivity index (χ1n) is 13.0. The van der Waals surface area contributed by atoms with Gasteiger partial charge in [0, 0.05) is 42.8 Å². The maximum absolute atomic E-state index is 14.6. The lowest BCUT2D eigenvalue weighted by Crippen LogP contribution is -2.36. The van der Waals surface area contributed by atoms with Gasteiger partial charge in [-0.15, -0.1) is 0 Å². The molecule has 1 atom stereocenters. The fourth-order valence-electron chi connectivity index (χ4n) is 5.39. The van der Waals surface area contributed by atoms with E-state index in [2.05, 4.69) is 14.7 Å². The molecule has 0 radical (unpaired) electrons. The van der Waals surface area contributed by atoms with E-state index in [0.717, 1.165) is 37.3 Å². The van der Waals surface area contributed by atoms with Crippen LogP contribution >= 0.6 is 0 Å². The van der Waals surface area contributed by atoms with Gasteiger partial charge in [0.25, 0.3) is 15.9 Å². The molecule has 1 N–H and O–H groups in total. The molecular formula is C28H27F2N5O4S. The second-order valence-corrected chi connectivity index (χ2v) is 11.5. The molecule has 2 aromatic heterocycles. The molecule has 4 aromatic rings. The van der Waals surface area contributed by atoms with Crippen LogP contribution in [0.2, 0.25) is 0 Å². The lowest BCUT2D eigenvalue weighted by atomic mass is 10.0. The zero-order valence-electron chi connectivity index (χ0n) is 21.5. The molecule has 208 valence electrons. The minimum atomic E-state index is -4.15. The van der Waals surface area contributed by atoms with E-state index in [9.17, 15) is 22.0 Å². The smallest absolute Gasteiger partial charge is 0.268 e. The van der Waals surface area contributed by atoms with E-state index in [1.54, 1.807) is 30.5 Å². The number of aromatic nitrogens is 2. The maximum Gasteiger partial charge on any atom is 0.268 e. The second kappa shape index (κ2) is 10.5. The van der Waals surface area contributed by atoms with Crippen LogP contribution in [0.5, 0.6) is 0 Å². The predicted octanol–water partition coefficient (Wildman–Crippen LogP) is 3.91. The number of hydrogen-bond acceptors (Lipinski definition) is 7. The number of nitrogens with zero attached hydrogens (tertiary/aromatic N) is 4. The molecule has 2 aliphatic rings. The number of halogens is 2. The number of benzene rings is 2. The van der Waals surface area contributed by atoms with Gasteiger partial charge in [0.05, 0.1) is 41.4 Å². The number of rotatable bonds is 6. The van der Waals surface area contributed by atoms with Gasteiger partial charge in [0.1, 0.15) is 11.6 Å². The summed E-state index contributed by atoms with van der Waals surface area (Å²) in [4.78, 5) is 17.2. The largest absolute Gasteiger partial charge is 0.378 e. The predicted molar refractivity (Wildman–Crippen MR) is 145 cm³/mol. The van der Waals surface area contributed by atoms with Crippen LogP contribution in [0.4, 0.5) is 20.2 Å². The van der Waals surface area contributed by atoms with Crippen molar-refractivity contribution >= 4 is 32.8 Å². The molecule has 0 spiro atoms. The quantitative estimate of drug-likeness (QED) is 0.378. The number of amides is 1. The normalized spacial score (nSPS) is 17.9. The molecule has 0 saturated carbocycles. The Kier molecular flexibility index (Phi) is 6.88. The van der Waals surface area contributed by atoms with Crippen molar-refractivity contribution < 1.29 is 26.7 Å². The highest BCUT2D eigenvalue weighted by atomic mass is 32.2. The van der Waals surface area contributed by atoms with Crippen molar-refractivity contribution in [3.05, 3.63) is 89.8 Å². The molecule has 0 aliphatic carbocycles. The average Bonchev–Trinajstić information content (AvgIpc) is 3.62. The molecule has 2 fully saturated rings. The van der Waals surface area contributed by atoms with Gasteiger partial charge in [0.2, 0.25) is 0 Å². The number of nitrogens with one attached hydrogen (secondary N) is 1. The van der Waals surface area contributed by atoms with E-state index < -0.39 is 27.6 Å². The highest BCUT2D eigenvalue weighted by Crippen LogP contribution is 2.38. The number of sulfonamides is 1. The maximum atomic E-state index is 14.6. The van der Waals surface area contributed by atoms with Crippen LogP contribution < -0.4 is 14.5 Å². The number of morpholine rings is 1. The van der Waals surface area contributed by atoms with Crippen molar-refractivity contribution in [3.63, 3.8) is 0 Å². The van der Waals surface area contributed by atoms with Crippen LogP contribution in [0.3, 0.4) is 0 Å². The molecule has 2 aromatic carbocycles. The average molecular weight is 568 g/mol. The highest BCUT2D eigenvalue weighted by Gasteiger charge is 2.30. The number of pyridine rings is 1. The third-order valence-electron chi connectivity index (χ3n) is 7.40. The van der Waals surface area contributed by atoms with Crippen molar-refractivity contribution in [1.29, 1.82) is 0 Å². The van der Waals surface area contributed by atoms with Crippen LogP contribution in [0, 0.1) is 11.6 Å². The number of ether oxygens (including phenoxy) is 1. The molecule has 0 bridgehead atoms. The van der Waals surface area contributed by atoms with Gasteiger partial charge in [-0.25, -0.2) is 26.4 Å². The van der Waals surface area contributed by atoms with Crippen molar-refractivity contribution in [2.45, 2.75) is 23.8 Å². The lowest BCUT2D eigenvalue weighted by Gasteiger charge is -2.28. The van der Waals surface area contributed by atoms with E-state index in [1.165, 1.54) is 28.9 Å². The Morgan fingerprint density at radius 3 is 2.52 bits per heavy atom. The zero-order chi connectivity index (χ0) is 27.9. The summed E-state index contributed by atoms with van der Waals surface area (Å²) < 4.78 is 63.5. The van der Waals surface area contributed by atoms with Crippen LogP contribution in [-0.4, -0.2) is 56.8 Å². The van der Waals surface area contributed by atoms with Crippen LogP contribution in [0.25, 0.3) is 5.52 Å². The lowest BCUT2D eigenvalue weighted by molar-refractivity contribution is 0.0983. The molecule has 12 heteroatoms. The summed E-state index contributed by atoms with van der Waals surface area (Å²) in [6.45, 7) is 3.26. The molecule has 1 unspecified atom stereocenters. The Hall–Kier alpha value is -4.03. The molecule has 2 saturated heterocycles. The van der Waals surface area contributed by atoms with Crippen molar-refractivity contribution in [2.75, 3.05) is 42.6 Å². The molecule has 40 heavy (non-hydrogen) atoms. The van der Waals surface area contributed by atoms with Crippen LogP contribution in [0.15, 0.2) is 71.9 Å². The monoisotopic (exact) mass is 567 g/mol. The van der Waals surface area contributed by atoms with Crippen molar-refractivity contribution in [3.8, 4) is 0 Å². The Morgan fingerprint density at radius 2 is 1.75 bits per heavy atom. The SMILES string of the molecule is O=C(NS(=O)(=O)c1ccc(N2CCOCC2)cc1)c1cnn2ccc(N3CCCC3c3cc(F)ccc3F)cc12. The van der Waals surface area contributed by atoms with Gasteiger partial charge < -0.3 is 14.5 Å². The minimum absolute atomic E-state index is 0.0351. The molecule has 1 amide bonds. The van der Waals surface area contributed by atoms with Crippen LogP contribution in [-0.2, 0) is 14.8 Å².